The van der Waals surface area contributed by atoms with Crippen molar-refractivity contribution in [2.75, 3.05) is 19.8 Å². The average Bonchev–Trinajstić information content (AvgIpc) is 3.58. The van der Waals surface area contributed by atoms with Crippen LogP contribution in [0.2, 0.25) is 25.7 Å². The summed E-state index contributed by atoms with van der Waals surface area (Å²) in [6.07, 6.45) is -3.80. The number of hydrogen-bond acceptors (Lipinski definition) is 11. The van der Waals surface area contributed by atoms with Gasteiger partial charge in [0.25, 0.3) is 0 Å². The number of hydrogen-bond donors (Lipinski definition) is 2. The molecule has 1 unspecified atom stereocenters. The number of unbranched alkanes of at least 4 members (excludes halogenated alkanes) is 3. The molecule has 1 saturated heterocycles. The van der Waals surface area contributed by atoms with Gasteiger partial charge in [0, 0.05) is 27.0 Å². The second-order valence-corrected chi connectivity index (χ2v) is 22.8. The summed E-state index contributed by atoms with van der Waals surface area (Å²) in [7, 11) is -1.56. The van der Waals surface area contributed by atoms with Crippen LogP contribution in [0.4, 0.5) is 22.8 Å². The molecule has 314 valence electrons. The third-order valence-corrected chi connectivity index (χ3v) is 10.4. The van der Waals surface area contributed by atoms with Crippen LogP contribution in [-0.2, 0) is 38.1 Å². The van der Waals surface area contributed by atoms with Crippen molar-refractivity contribution in [3.05, 3.63) is 12.2 Å². The lowest BCUT2D eigenvalue weighted by Gasteiger charge is -2.33. The van der Waals surface area contributed by atoms with Crippen LogP contribution in [0.3, 0.4) is 0 Å². The Morgan fingerprint density at radius 2 is 1.53 bits per heavy atom. The molecule has 1 aliphatic heterocycles. The minimum absolute atomic E-state index is 0.0117. The summed E-state index contributed by atoms with van der Waals surface area (Å²) < 4.78 is 61.3. The van der Waals surface area contributed by atoms with E-state index in [-0.39, 0.29) is 45.4 Å². The predicted octanol–water partition coefficient (Wildman–Crippen LogP) is 5.88. The van der Waals surface area contributed by atoms with Gasteiger partial charge in [-0.2, -0.15) is 18.1 Å². The van der Waals surface area contributed by atoms with Gasteiger partial charge in [0.05, 0.1) is 19.3 Å². The van der Waals surface area contributed by atoms with Crippen LogP contribution in [0.5, 0.6) is 0 Å². The highest BCUT2D eigenvalue weighted by Crippen LogP contribution is 2.51. The van der Waals surface area contributed by atoms with E-state index in [0.717, 1.165) is 4.90 Å². The van der Waals surface area contributed by atoms with Gasteiger partial charge in [-0.25, -0.2) is 19.2 Å². The van der Waals surface area contributed by atoms with Crippen molar-refractivity contribution >= 4 is 44.0 Å². The Balaban J connectivity index is 2.13. The lowest BCUT2D eigenvalue weighted by atomic mass is 10.0. The van der Waals surface area contributed by atoms with Crippen molar-refractivity contribution in [2.24, 2.45) is 5.92 Å². The lowest BCUT2D eigenvalue weighted by molar-refractivity contribution is -0.175. The number of β-amino-alcohol motifs (C(OH)–C–C–N with tert-alkyl or cyclic N) is 1. The number of halogens is 3. The number of aliphatic hydroxyl groups excluding tert-OH is 1. The van der Waals surface area contributed by atoms with E-state index in [1.807, 2.05) is 0 Å². The maximum absolute atomic E-state index is 13.5. The third-order valence-electron chi connectivity index (χ3n) is 8.69. The van der Waals surface area contributed by atoms with E-state index >= 15 is 0 Å². The maximum Gasteiger partial charge on any atom is 0.471 e. The SMILES string of the molecule is CCOC(=O)[C@@]1(N(C(=O)OC(C)(C)C)C(=O)OC(C)(C)C)C[C@H]1C=CCCCCC[C@H](NC(=O)C(F)(F)F)C(=O)N1C[C@H](O)CC1C(=O)OCC[Si](C)(C)C. The van der Waals surface area contributed by atoms with Crippen LogP contribution in [0.1, 0.15) is 93.4 Å². The molecule has 0 aromatic rings. The predicted molar refractivity (Wildman–Crippen MR) is 197 cm³/mol. The number of likely N-dealkylation sites (tertiary alicyclic amines) is 1. The van der Waals surface area contributed by atoms with Crippen molar-refractivity contribution in [2.45, 2.75) is 160 Å². The summed E-state index contributed by atoms with van der Waals surface area (Å²) in [5.74, 6) is -5.42. The summed E-state index contributed by atoms with van der Waals surface area (Å²) >= 11 is 0. The van der Waals surface area contributed by atoms with E-state index in [0.29, 0.717) is 30.2 Å². The molecule has 1 heterocycles. The summed E-state index contributed by atoms with van der Waals surface area (Å²) in [4.78, 5) is 80.0. The van der Waals surface area contributed by atoms with Gasteiger partial charge in [0.2, 0.25) is 5.91 Å². The fourth-order valence-electron chi connectivity index (χ4n) is 5.94. The van der Waals surface area contributed by atoms with Crippen LogP contribution in [0, 0.1) is 5.92 Å². The molecule has 0 spiro atoms. The minimum Gasteiger partial charge on any atom is -0.464 e. The van der Waals surface area contributed by atoms with Gasteiger partial charge >= 0.3 is 36.2 Å². The number of alkyl halides is 3. The highest BCUT2D eigenvalue weighted by atomic mass is 28.3. The highest BCUT2D eigenvalue weighted by molar-refractivity contribution is 6.76. The zero-order valence-electron chi connectivity index (χ0n) is 33.8. The average molecular weight is 808 g/mol. The third kappa shape index (κ3) is 14.7. The van der Waals surface area contributed by atoms with Crippen molar-refractivity contribution < 1.29 is 66.0 Å². The van der Waals surface area contributed by atoms with Crippen LogP contribution < -0.4 is 5.32 Å². The summed E-state index contributed by atoms with van der Waals surface area (Å²) in [5.41, 5.74) is -3.70. The van der Waals surface area contributed by atoms with Gasteiger partial charge in [-0.05, 0) is 80.2 Å². The summed E-state index contributed by atoms with van der Waals surface area (Å²) in [6.45, 7) is 17.3. The lowest BCUT2D eigenvalue weighted by Crippen LogP contribution is -2.55. The zero-order chi connectivity index (χ0) is 42.2. The summed E-state index contributed by atoms with van der Waals surface area (Å²) in [5, 5.41) is 12.0. The Labute approximate surface area is 322 Å². The van der Waals surface area contributed by atoms with Crippen LogP contribution >= 0.6 is 0 Å². The fourth-order valence-corrected chi connectivity index (χ4v) is 6.65. The van der Waals surface area contributed by atoms with E-state index in [1.54, 1.807) is 65.9 Å². The highest BCUT2D eigenvalue weighted by Gasteiger charge is 2.69. The number of nitrogens with one attached hydrogen (secondary N) is 1. The van der Waals surface area contributed by atoms with Crippen molar-refractivity contribution in [3.63, 3.8) is 0 Å². The maximum atomic E-state index is 13.5. The molecule has 2 fully saturated rings. The van der Waals surface area contributed by atoms with E-state index in [4.69, 9.17) is 18.9 Å². The van der Waals surface area contributed by atoms with E-state index in [9.17, 15) is 47.0 Å². The number of allylic oxidation sites excluding steroid dienone is 1. The summed E-state index contributed by atoms with van der Waals surface area (Å²) in [6, 6.07) is -2.16. The minimum atomic E-state index is -5.26. The number of rotatable bonds is 16. The number of esters is 2. The molecule has 55 heavy (non-hydrogen) atoms. The Kier molecular flexibility index (Phi) is 16.4. The van der Waals surface area contributed by atoms with E-state index in [2.05, 4.69) is 19.6 Å². The number of carbonyl (C=O) groups is 6. The molecule has 0 aromatic heterocycles. The standard InChI is InChI=1S/C37H60F3N3O11Si/c1-11-51-31(48)36(43(32(49)53-34(2,3)4)33(50)54-35(5,6)7)22-24(36)17-15-13-12-14-16-18-26(41-30(47)37(38,39)40)28(45)42-23-25(44)21-27(42)29(46)52-19-20-55(8,9)10/h15,17,24-27,44H,11-14,16,18-23H2,1-10H3,(H,41,47)/t24-,25-,26+,27?,36-/m1/s1. The molecule has 0 radical (unpaired) electrons. The Hall–Kier alpha value is -3.67. The van der Waals surface area contributed by atoms with Gasteiger partial charge in [-0.15, -0.1) is 0 Å². The first-order chi connectivity index (χ1) is 25.1. The number of imide groups is 1. The van der Waals surface area contributed by atoms with Gasteiger partial charge in [-0.3, -0.25) is 9.59 Å². The number of ether oxygens (including phenoxy) is 4. The molecule has 0 bridgehead atoms. The molecule has 5 atom stereocenters. The van der Waals surface area contributed by atoms with E-state index in [1.165, 1.54) is 0 Å². The zero-order valence-corrected chi connectivity index (χ0v) is 34.8. The Bertz CT molecular complexity index is 1390. The molecule has 2 N–H and O–H groups in total. The van der Waals surface area contributed by atoms with Crippen molar-refractivity contribution in [1.29, 1.82) is 0 Å². The Morgan fingerprint density at radius 3 is 2.04 bits per heavy atom. The first kappa shape index (κ1) is 47.5. The second kappa shape index (κ2) is 19.0. The monoisotopic (exact) mass is 807 g/mol. The molecule has 14 nitrogen and oxygen atoms in total. The van der Waals surface area contributed by atoms with E-state index < -0.39 is 91.0 Å². The van der Waals surface area contributed by atoms with Crippen LogP contribution in [0.15, 0.2) is 12.2 Å². The van der Waals surface area contributed by atoms with Gasteiger partial charge in [0.15, 0.2) is 5.54 Å². The smallest absolute Gasteiger partial charge is 0.464 e. The molecule has 0 aromatic carbocycles. The van der Waals surface area contributed by atoms with Gasteiger partial charge in [0.1, 0.15) is 23.3 Å². The second-order valence-electron chi connectivity index (χ2n) is 17.2. The first-order valence-electron chi connectivity index (χ1n) is 18.8. The molecular weight excluding hydrogens is 747 g/mol. The quantitative estimate of drug-likeness (QED) is 0.0626. The topological polar surface area (TPSA) is 178 Å². The fraction of sp³-hybridized carbons (Fsp3) is 0.784. The first-order valence-corrected chi connectivity index (χ1v) is 22.5. The van der Waals surface area contributed by atoms with Gasteiger partial charge in [-0.1, -0.05) is 44.6 Å². The Morgan fingerprint density at radius 1 is 0.945 bits per heavy atom. The number of aliphatic hydroxyl groups is 1. The largest absolute Gasteiger partial charge is 0.471 e. The molecule has 1 aliphatic carbocycles. The molecular formula is C37H60F3N3O11Si. The van der Waals surface area contributed by atoms with Gasteiger partial charge < -0.3 is 34.3 Å². The van der Waals surface area contributed by atoms with Crippen LogP contribution in [-0.4, -0.2) is 120 Å². The molecule has 4 amide bonds. The number of nitrogens with zero attached hydrogens (tertiary/aromatic N) is 2. The van der Waals surface area contributed by atoms with Crippen molar-refractivity contribution in [1.82, 2.24) is 15.1 Å². The molecule has 1 saturated carbocycles. The number of amides is 4. The molecule has 2 rings (SSSR count). The molecule has 2 aliphatic rings. The molecule has 18 heteroatoms. The van der Waals surface area contributed by atoms with Crippen molar-refractivity contribution in [3.8, 4) is 0 Å². The number of carbonyl (C=O) groups excluding carboxylic acids is 6. The van der Waals surface area contributed by atoms with Crippen LogP contribution in [0.25, 0.3) is 0 Å². The normalized spacial score (nSPS) is 22.1.